The van der Waals surface area contributed by atoms with Crippen molar-refractivity contribution in [3.05, 3.63) is 29.0 Å². The van der Waals surface area contributed by atoms with Gasteiger partial charge in [0.25, 0.3) is 0 Å². The van der Waals surface area contributed by atoms with Crippen molar-refractivity contribution in [3.63, 3.8) is 0 Å². The number of H-pyrrole nitrogens is 1. The zero-order valence-electron chi connectivity index (χ0n) is 8.16. The highest BCUT2D eigenvalue weighted by Gasteiger charge is 2.02. The van der Waals surface area contributed by atoms with Gasteiger partial charge in [-0.3, -0.25) is 0 Å². The number of aromatic amines is 1. The van der Waals surface area contributed by atoms with Crippen LogP contribution in [0.1, 0.15) is 12.2 Å². The van der Waals surface area contributed by atoms with E-state index in [9.17, 15) is 0 Å². The largest absolute Gasteiger partial charge is 0.342 e. The average molecular weight is 246 g/mol. The Bertz CT molecular complexity index is 439. The Kier molecular flexibility index (Phi) is 4.39. The summed E-state index contributed by atoms with van der Waals surface area (Å²) in [6.07, 6.45) is 1.84. The van der Waals surface area contributed by atoms with Gasteiger partial charge in [-0.15, -0.1) is 12.4 Å². The third-order valence-corrected chi connectivity index (χ3v) is 2.35. The number of hydrogen-bond acceptors (Lipinski definition) is 2. The fourth-order valence-corrected chi connectivity index (χ4v) is 1.59. The van der Waals surface area contributed by atoms with Gasteiger partial charge in [0.1, 0.15) is 5.82 Å². The lowest BCUT2D eigenvalue weighted by Crippen LogP contribution is -2.01. The number of aromatic nitrogens is 2. The van der Waals surface area contributed by atoms with Crippen LogP contribution < -0.4 is 5.73 Å². The summed E-state index contributed by atoms with van der Waals surface area (Å²) < 4.78 is 0. The van der Waals surface area contributed by atoms with E-state index in [1.54, 1.807) is 0 Å². The molecule has 0 bridgehead atoms. The first kappa shape index (κ1) is 12.3. The van der Waals surface area contributed by atoms with Crippen LogP contribution in [0.25, 0.3) is 11.0 Å². The second-order valence-electron chi connectivity index (χ2n) is 3.24. The van der Waals surface area contributed by atoms with Gasteiger partial charge in [0.15, 0.2) is 0 Å². The molecule has 1 aromatic heterocycles. The SMILES string of the molecule is Cl.NCCCc1nc2ccc(Cl)cc2[nH]1. The number of nitrogens with zero attached hydrogens (tertiary/aromatic N) is 1. The molecule has 3 N–H and O–H groups in total. The first-order valence-electron chi connectivity index (χ1n) is 4.64. The van der Waals surface area contributed by atoms with E-state index in [1.807, 2.05) is 18.2 Å². The van der Waals surface area contributed by atoms with E-state index in [-0.39, 0.29) is 12.4 Å². The van der Waals surface area contributed by atoms with Crippen LogP contribution in [0.3, 0.4) is 0 Å². The highest BCUT2D eigenvalue weighted by Crippen LogP contribution is 2.17. The third-order valence-electron chi connectivity index (χ3n) is 2.11. The summed E-state index contributed by atoms with van der Waals surface area (Å²) in [6.45, 7) is 0.692. The lowest BCUT2D eigenvalue weighted by molar-refractivity contribution is 0.796. The van der Waals surface area contributed by atoms with Gasteiger partial charge in [-0.2, -0.15) is 0 Å². The third kappa shape index (κ3) is 2.84. The molecule has 0 radical (unpaired) electrons. The summed E-state index contributed by atoms with van der Waals surface area (Å²) >= 11 is 5.86. The van der Waals surface area contributed by atoms with Gasteiger partial charge < -0.3 is 10.7 Å². The van der Waals surface area contributed by atoms with Gasteiger partial charge in [0, 0.05) is 11.4 Å². The summed E-state index contributed by atoms with van der Waals surface area (Å²) in [4.78, 5) is 7.64. The number of nitrogens with one attached hydrogen (secondary N) is 1. The summed E-state index contributed by atoms with van der Waals surface area (Å²) in [5.41, 5.74) is 7.38. The second-order valence-corrected chi connectivity index (χ2v) is 3.67. The fraction of sp³-hybridized carbons (Fsp3) is 0.300. The van der Waals surface area contributed by atoms with Crippen LogP contribution >= 0.6 is 24.0 Å². The molecule has 0 fully saturated rings. The van der Waals surface area contributed by atoms with E-state index in [2.05, 4.69) is 9.97 Å². The molecular formula is C10H13Cl2N3. The quantitative estimate of drug-likeness (QED) is 0.874. The van der Waals surface area contributed by atoms with Crippen molar-refractivity contribution in [3.8, 4) is 0 Å². The normalized spacial score (nSPS) is 10.3. The van der Waals surface area contributed by atoms with Crippen molar-refractivity contribution < 1.29 is 0 Å². The predicted molar refractivity (Wildman–Crippen MR) is 65.7 cm³/mol. The number of benzene rings is 1. The summed E-state index contributed by atoms with van der Waals surface area (Å²) in [5, 5.41) is 0.728. The Morgan fingerprint density at radius 1 is 1.40 bits per heavy atom. The Morgan fingerprint density at radius 3 is 2.93 bits per heavy atom. The van der Waals surface area contributed by atoms with Crippen molar-refractivity contribution in [2.75, 3.05) is 6.54 Å². The lowest BCUT2D eigenvalue weighted by Gasteiger charge is -1.91. The first-order chi connectivity index (χ1) is 6.79. The molecule has 0 saturated carbocycles. The smallest absolute Gasteiger partial charge is 0.107 e. The summed E-state index contributed by atoms with van der Waals surface area (Å²) in [7, 11) is 0. The molecule has 82 valence electrons. The molecule has 0 aliphatic carbocycles. The van der Waals surface area contributed by atoms with E-state index < -0.39 is 0 Å². The minimum absolute atomic E-state index is 0. The molecule has 0 spiro atoms. The van der Waals surface area contributed by atoms with Crippen LogP contribution in [0.5, 0.6) is 0 Å². The zero-order valence-corrected chi connectivity index (χ0v) is 9.74. The van der Waals surface area contributed by atoms with Gasteiger partial charge >= 0.3 is 0 Å². The van der Waals surface area contributed by atoms with Crippen molar-refractivity contribution in [2.45, 2.75) is 12.8 Å². The maximum Gasteiger partial charge on any atom is 0.107 e. The topological polar surface area (TPSA) is 54.7 Å². The van der Waals surface area contributed by atoms with Crippen LogP contribution in [-0.2, 0) is 6.42 Å². The molecule has 0 unspecified atom stereocenters. The Hall–Kier alpha value is -0.770. The first-order valence-corrected chi connectivity index (χ1v) is 5.01. The monoisotopic (exact) mass is 245 g/mol. The highest BCUT2D eigenvalue weighted by atomic mass is 35.5. The molecule has 2 aromatic rings. The number of aryl methyl sites for hydroxylation is 1. The van der Waals surface area contributed by atoms with Crippen LogP contribution in [0, 0.1) is 0 Å². The molecule has 0 amide bonds. The molecule has 0 aliphatic rings. The van der Waals surface area contributed by atoms with Gasteiger partial charge in [-0.25, -0.2) is 4.98 Å². The van der Waals surface area contributed by atoms with Crippen molar-refractivity contribution >= 4 is 35.0 Å². The summed E-state index contributed by atoms with van der Waals surface area (Å²) in [6, 6.07) is 5.65. The van der Waals surface area contributed by atoms with Gasteiger partial charge in [-0.1, -0.05) is 11.6 Å². The van der Waals surface area contributed by atoms with E-state index in [4.69, 9.17) is 17.3 Å². The Morgan fingerprint density at radius 2 is 2.20 bits per heavy atom. The maximum absolute atomic E-state index is 5.86. The van der Waals surface area contributed by atoms with E-state index in [1.165, 1.54) is 0 Å². The molecule has 0 atom stereocenters. The number of hydrogen-bond donors (Lipinski definition) is 2. The van der Waals surface area contributed by atoms with Gasteiger partial charge in [0.2, 0.25) is 0 Å². The van der Waals surface area contributed by atoms with Crippen LogP contribution in [0.4, 0.5) is 0 Å². The van der Waals surface area contributed by atoms with Crippen molar-refractivity contribution in [1.29, 1.82) is 0 Å². The van der Waals surface area contributed by atoms with E-state index in [0.717, 1.165) is 34.7 Å². The van der Waals surface area contributed by atoms with Crippen molar-refractivity contribution in [1.82, 2.24) is 9.97 Å². The Balaban J connectivity index is 0.00000112. The molecule has 1 aromatic carbocycles. The van der Waals surface area contributed by atoms with E-state index >= 15 is 0 Å². The van der Waals surface area contributed by atoms with Gasteiger partial charge in [0.05, 0.1) is 11.0 Å². The molecule has 1 heterocycles. The molecule has 5 heteroatoms. The number of fused-ring (bicyclic) bond motifs is 1. The zero-order chi connectivity index (χ0) is 9.97. The molecular weight excluding hydrogens is 233 g/mol. The number of halogens is 2. The minimum Gasteiger partial charge on any atom is -0.342 e. The van der Waals surface area contributed by atoms with Crippen LogP contribution in [0.15, 0.2) is 18.2 Å². The summed E-state index contributed by atoms with van der Waals surface area (Å²) in [5.74, 6) is 0.979. The Labute approximate surface area is 99.4 Å². The fourth-order valence-electron chi connectivity index (χ4n) is 1.42. The minimum atomic E-state index is 0. The average Bonchev–Trinajstić information content (AvgIpc) is 2.56. The second kappa shape index (κ2) is 5.35. The van der Waals surface area contributed by atoms with Crippen LogP contribution in [-0.4, -0.2) is 16.5 Å². The standard InChI is InChI=1S/C10H12ClN3.ClH/c11-7-3-4-8-9(6-7)14-10(13-8)2-1-5-12;/h3-4,6H,1-2,5,12H2,(H,13,14);1H. The molecule has 0 saturated heterocycles. The lowest BCUT2D eigenvalue weighted by atomic mass is 10.3. The molecule has 2 rings (SSSR count). The molecule has 0 aliphatic heterocycles. The van der Waals surface area contributed by atoms with Gasteiger partial charge in [-0.05, 0) is 31.2 Å². The molecule has 15 heavy (non-hydrogen) atoms. The van der Waals surface area contributed by atoms with E-state index in [0.29, 0.717) is 6.54 Å². The number of nitrogens with two attached hydrogens (primary N) is 1. The maximum atomic E-state index is 5.86. The van der Waals surface area contributed by atoms with Crippen LogP contribution in [0.2, 0.25) is 5.02 Å². The molecule has 3 nitrogen and oxygen atoms in total. The highest BCUT2D eigenvalue weighted by molar-refractivity contribution is 6.31. The number of imidazole rings is 1. The van der Waals surface area contributed by atoms with Crippen molar-refractivity contribution in [2.24, 2.45) is 5.73 Å². The number of rotatable bonds is 3. The predicted octanol–water partition coefficient (Wildman–Crippen LogP) is 2.53.